The first-order valence-corrected chi connectivity index (χ1v) is 8.31. The molecule has 0 fully saturated rings. The Morgan fingerprint density at radius 3 is 2.64 bits per heavy atom. The fourth-order valence-corrected chi connectivity index (χ4v) is 2.40. The molecule has 0 bridgehead atoms. The van der Waals surface area contributed by atoms with Crippen LogP contribution in [0.25, 0.3) is 6.08 Å². The number of halogens is 1. The summed E-state index contributed by atoms with van der Waals surface area (Å²) in [5.41, 5.74) is 2.90. The van der Waals surface area contributed by atoms with E-state index in [1.165, 1.54) is 0 Å². The van der Waals surface area contributed by atoms with Crippen molar-refractivity contribution in [2.75, 3.05) is 6.61 Å². The van der Waals surface area contributed by atoms with Crippen molar-refractivity contribution >= 4 is 23.4 Å². The van der Waals surface area contributed by atoms with Crippen molar-refractivity contribution in [1.29, 1.82) is 0 Å². The molecule has 5 heteroatoms. The minimum atomic E-state index is 0.399. The number of imidazole rings is 1. The van der Waals surface area contributed by atoms with Crippen LogP contribution in [0.1, 0.15) is 11.1 Å². The molecule has 1 heterocycles. The van der Waals surface area contributed by atoms with Gasteiger partial charge >= 0.3 is 0 Å². The maximum atomic E-state index is 5.97. The van der Waals surface area contributed by atoms with Crippen molar-refractivity contribution in [3.63, 3.8) is 0 Å². The third kappa shape index (κ3) is 5.33. The van der Waals surface area contributed by atoms with Crippen LogP contribution in [0.3, 0.4) is 0 Å². The molecule has 1 aromatic heterocycles. The summed E-state index contributed by atoms with van der Waals surface area (Å²) in [6.07, 6.45) is 9.33. The van der Waals surface area contributed by atoms with E-state index in [0.717, 1.165) is 16.8 Å². The summed E-state index contributed by atoms with van der Waals surface area (Å²) in [6, 6.07) is 17.6. The van der Waals surface area contributed by atoms with Gasteiger partial charge in [-0.1, -0.05) is 65.3 Å². The molecule has 0 amide bonds. The Morgan fingerprint density at radius 2 is 1.92 bits per heavy atom. The fourth-order valence-electron chi connectivity index (χ4n) is 2.27. The first-order chi connectivity index (χ1) is 12.3. The minimum absolute atomic E-state index is 0.399. The molecule has 0 unspecified atom stereocenters. The maximum absolute atomic E-state index is 5.97. The Bertz CT molecular complexity index is 825. The van der Waals surface area contributed by atoms with Gasteiger partial charge in [0.25, 0.3) is 0 Å². The van der Waals surface area contributed by atoms with Crippen LogP contribution in [0, 0.1) is 0 Å². The van der Waals surface area contributed by atoms with Crippen molar-refractivity contribution in [1.82, 2.24) is 9.55 Å². The number of rotatable bonds is 7. The summed E-state index contributed by atoms with van der Waals surface area (Å²) in [5, 5.41) is 5.00. The van der Waals surface area contributed by atoms with Crippen LogP contribution in [-0.2, 0) is 11.4 Å². The highest BCUT2D eigenvalue weighted by atomic mass is 35.5. The van der Waals surface area contributed by atoms with E-state index in [1.807, 2.05) is 77.5 Å². The molecule has 0 saturated heterocycles. The monoisotopic (exact) mass is 351 g/mol. The van der Waals surface area contributed by atoms with Crippen LogP contribution in [0.2, 0.25) is 5.02 Å². The van der Waals surface area contributed by atoms with Gasteiger partial charge in [-0.05, 0) is 23.8 Å². The lowest BCUT2D eigenvalue weighted by Crippen LogP contribution is -2.11. The number of benzene rings is 2. The van der Waals surface area contributed by atoms with E-state index in [2.05, 4.69) is 10.1 Å². The SMILES string of the molecule is Clc1ccc(/C(Cn2ccnc2)=N/OC/C=C/c2ccccc2)cc1. The standard InChI is InChI=1S/C20H18ClN3O/c21-19-10-8-18(9-11-19)20(15-24-13-12-22-16-24)23-25-14-4-7-17-5-2-1-3-6-17/h1-13,16H,14-15H2/b7-4+,23-20+. The predicted molar refractivity (Wildman–Crippen MR) is 102 cm³/mol. The largest absolute Gasteiger partial charge is 0.391 e. The van der Waals surface area contributed by atoms with Crippen molar-refractivity contribution in [3.05, 3.63) is 95.5 Å². The zero-order valence-electron chi connectivity index (χ0n) is 13.6. The van der Waals surface area contributed by atoms with Gasteiger partial charge in [-0.15, -0.1) is 0 Å². The van der Waals surface area contributed by atoms with E-state index in [1.54, 1.807) is 12.5 Å². The molecule has 0 saturated carbocycles. The van der Waals surface area contributed by atoms with Gasteiger partial charge in [-0.3, -0.25) is 0 Å². The van der Waals surface area contributed by atoms with Gasteiger partial charge in [0.05, 0.1) is 12.9 Å². The highest BCUT2D eigenvalue weighted by Crippen LogP contribution is 2.12. The Kier molecular flexibility index (Phi) is 6.01. The second kappa shape index (κ2) is 8.85. The first kappa shape index (κ1) is 17.0. The zero-order valence-corrected chi connectivity index (χ0v) is 14.4. The number of hydrogen-bond acceptors (Lipinski definition) is 3. The molecule has 0 aliphatic heterocycles. The van der Waals surface area contributed by atoms with Crippen LogP contribution >= 0.6 is 11.6 Å². The molecule has 0 spiro atoms. The lowest BCUT2D eigenvalue weighted by atomic mass is 10.1. The molecule has 126 valence electrons. The van der Waals surface area contributed by atoms with Gasteiger partial charge in [0.1, 0.15) is 12.3 Å². The molecule has 2 aromatic carbocycles. The molecule has 3 aromatic rings. The van der Waals surface area contributed by atoms with Gasteiger partial charge in [0.2, 0.25) is 0 Å². The Labute approximate surface area is 152 Å². The molecule has 0 aliphatic rings. The van der Waals surface area contributed by atoms with Crippen LogP contribution in [-0.4, -0.2) is 21.9 Å². The quantitative estimate of drug-likeness (QED) is 0.352. The maximum Gasteiger partial charge on any atom is 0.135 e. The van der Waals surface area contributed by atoms with Crippen molar-refractivity contribution in [2.45, 2.75) is 6.54 Å². The minimum Gasteiger partial charge on any atom is -0.391 e. The van der Waals surface area contributed by atoms with Crippen LogP contribution < -0.4 is 0 Å². The number of oxime groups is 1. The average Bonchev–Trinajstić information content (AvgIpc) is 3.15. The summed E-state index contributed by atoms with van der Waals surface area (Å²) < 4.78 is 1.94. The summed E-state index contributed by atoms with van der Waals surface area (Å²) in [6.45, 7) is 0.972. The highest BCUT2D eigenvalue weighted by Gasteiger charge is 2.06. The summed E-state index contributed by atoms with van der Waals surface area (Å²) in [5.74, 6) is 0. The third-order valence-corrected chi connectivity index (χ3v) is 3.78. The van der Waals surface area contributed by atoms with E-state index in [9.17, 15) is 0 Å². The number of hydrogen-bond donors (Lipinski definition) is 0. The second-order valence-corrected chi connectivity index (χ2v) is 5.83. The number of nitrogens with zero attached hydrogens (tertiary/aromatic N) is 3. The molecular formula is C20H18ClN3O. The molecule has 3 rings (SSSR count). The molecule has 0 atom stereocenters. The van der Waals surface area contributed by atoms with Gasteiger partial charge in [0, 0.05) is 23.0 Å². The smallest absolute Gasteiger partial charge is 0.135 e. The summed E-state index contributed by atoms with van der Waals surface area (Å²) in [4.78, 5) is 9.55. The van der Waals surface area contributed by atoms with Gasteiger partial charge in [-0.2, -0.15) is 0 Å². The highest BCUT2D eigenvalue weighted by molar-refractivity contribution is 6.30. The fraction of sp³-hybridized carbons (Fsp3) is 0.100. The van der Waals surface area contributed by atoms with Crippen molar-refractivity contribution in [3.8, 4) is 0 Å². The van der Waals surface area contributed by atoms with E-state index in [4.69, 9.17) is 16.4 Å². The molecule has 25 heavy (non-hydrogen) atoms. The average molecular weight is 352 g/mol. The van der Waals surface area contributed by atoms with Crippen molar-refractivity contribution in [2.24, 2.45) is 5.16 Å². The van der Waals surface area contributed by atoms with E-state index in [-0.39, 0.29) is 0 Å². The molecule has 0 aliphatic carbocycles. The predicted octanol–water partition coefficient (Wildman–Crippen LogP) is 4.67. The van der Waals surface area contributed by atoms with Crippen LogP contribution in [0.4, 0.5) is 0 Å². The topological polar surface area (TPSA) is 39.4 Å². The van der Waals surface area contributed by atoms with Gasteiger partial charge < -0.3 is 9.40 Å². The lowest BCUT2D eigenvalue weighted by molar-refractivity contribution is 0.174. The van der Waals surface area contributed by atoms with E-state index in [0.29, 0.717) is 18.2 Å². The Balaban J connectivity index is 1.66. The third-order valence-electron chi connectivity index (χ3n) is 3.52. The lowest BCUT2D eigenvalue weighted by Gasteiger charge is -2.07. The van der Waals surface area contributed by atoms with Gasteiger partial charge in [-0.25, -0.2) is 4.98 Å². The molecule has 0 N–H and O–H groups in total. The van der Waals surface area contributed by atoms with E-state index >= 15 is 0 Å². The normalized spacial score (nSPS) is 11.8. The Hall–Kier alpha value is -2.85. The molecule has 0 radical (unpaired) electrons. The Morgan fingerprint density at radius 1 is 1.12 bits per heavy atom. The summed E-state index contributed by atoms with van der Waals surface area (Å²) in [7, 11) is 0. The van der Waals surface area contributed by atoms with Gasteiger partial charge in [0.15, 0.2) is 0 Å². The zero-order chi connectivity index (χ0) is 17.3. The van der Waals surface area contributed by atoms with E-state index < -0.39 is 0 Å². The molecule has 4 nitrogen and oxygen atoms in total. The van der Waals surface area contributed by atoms with Crippen molar-refractivity contribution < 1.29 is 4.84 Å². The number of aromatic nitrogens is 2. The summed E-state index contributed by atoms with van der Waals surface area (Å²) >= 11 is 5.97. The van der Waals surface area contributed by atoms with Crippen LogP contribution in [0.5, 0.6) is 0 Å². The first-order valence-electron chi connectivity index (χ1n) is 7.93. The second-order valence-electron chi connectivity index (χ2n) is 5.39. The molecular weight excluding hydrogens is 334 g/mol. The van der Waals surface area contributed by atoms with Crippen LogP contribution in [0.15, 0.2) is 84.6 Å².